The smallest absolute Gasteiger partial charge is 0.138 e. The van der Waals surface area contributed by atoms with Crippen molar-refractivity contribution in [2.24, 2.45) is 0 Å². The number of rotatable bonds is 24. The monoisotopic (exact) mass is 587 g/mol. The Balaban J connectivity index is 0.00000840. The van der Waals surface area contributed by atoms with Crippen molar-refractivity contribution < 1.29 is 27.9 Å². The Hall–Kier alpha value is -1.71. The van der Waals surface area contributed by atoms with Gasteiger partial charge in [-0.15, -0.1) is 0 Å². The third-order valence-electron chi connectivity index (χ3n) is 8.59. The number of benzene rings is 2. The van der Waals surface area contributed by atoms with Crippen molar-refractivity contribution in [1.29, 1.82) is 0 Å². The molecule has 0 fully saturated rings. The highest BCUT2D eigenvalue weighted by Gasteiger charge is 2.23. The number of unbranched alkanes of at least 4 members (excludes halogenated alkanes) is 15. The number of quaternary nitrogens is 1. The van der Waals surface area contributed by atoms with E-state index in [0.717, 1.165) is 24.9 Å². The first kappa shape index (κ1) is 37.3. The normalized spacial score (nSPS) is 11.2. The molecule has 3 nitrogen and oxygen atoms in total. The van der Waals surface area contributed by atoms with Gasteiger partial charge in [-0.1, -0.05) is 130 Å². The van der Waals surface area contributed by atoms with Gasteiger partial charge in [-0.3, -0.25) is 5.32 Å². The molecule has 2 aromatic carbocycles. The lowest BCUT2D eigenvalue weighted by molar-refractivity contribution is -0.479. The van der Waals surface area contributed by atoms with Gasteiger partial charge in [-0.05, 0) is 49.8 Å². The zero-order valence-electron chi connectivity index (χ0n) is 26.7. The molecule has 0 radical (unpaired) electrons. The van der Waals surface area contributed by atoms with Gasteiger partial charge in [0.1, 0.15) is 22.9 Å². The van der Waals surface area contributed by atoms with Gasteiger partial charge >= 0.3 is 0 Å². The number of phenols is 2. The molecule has 0 aliphatic heterocycles. The minimum atomic E-state index is 0. The predicted octanol–water partition coefficient (Wildman–Crippen LogP) is 8.12. The number of hydrogen-bond donors (Lipinski definition) is 3. The summed E-state index contributed by atoms with van der Waals surface area (Å²) >= 11 is 0. The summed E-state index contributed by atoms with van der Waals surface area (Å²) in [6.45, 7) is 6.83. The molecule has 0 atom stereocenters. The minimum Gasteiger partial charge on any atom is -1.00 e. The summed E-state index contributed by atoms with van der Waals surface area (Å²) in [6.07, 6.45) is 27.1. The molecule has 234 valence electrons. The molecule has 41 heavy (non-hydrogen) atoms. The van der Waals surface area contributed by atoms with Crippen molar-refractivity contribution in [3.8, 4) is 11.5 Å². The second-order valence-electron chi connectivity index (χ2n) is 12.1. The van der Waals surface area contributed by atoms with Crippen LogP contribution in [0.3, 0.4) is 0 Å². The van der Waals surface area contributed by atoms with E-state index in [9.17, 15) is 10.2 Å². The molecule has 0 saturated heterocycles. The number of nitrogens with two attached hydrogens (primary N) is 1. The molecule has 0 spiro atoms. The van der Waals surface area contributed by atoms with Gasteiger partial charge in [0, 0.05) is 29.3 Å². The fourth-order valence-corrected chi connectivity index (χ4v) is 6.12. The summed E-state index contributed by atoms with van der Waals surface area (Å²) in [5.74, 6) is 1.23. The van der Waals surface area contributed by atoms with Crippen molar-refractivity contribution in [2.75, 3.05) is 0 Å². The van der Waals surface area contributed by atoms with E-state index in [1.165, 1.54) is 132 Å². The van der Waals surface area contributed by atoms with Gasteiger partial charge in [0.25, 0.3) is 0 Å². The van der Waals surface area contributed by atoms with E-state index in [1.54, 1.807) is 12.1 Å². The number of halogens is 1. The van der Waals surface area contributed by atoms with Crippen molar-refractivity contribution >= 4 is 11.4 Å². The first-order valence-electron chi connectivity index (χ1n) is 17.1. The van der Waals surface area contributed by atoms with Crippen LogP contribution in [0.25, 0.3) is 0 Å². The average molecular weight is 588 g/mol. The Morgan fingerprint density at radius 1 is 0.561 bits per heavy atom. The molecule has 0 saturated carbocycles. The lowest BCUT2D eigenvalue weighted by Crippen LogP contribution is -3.00. The van der Waals surface area contributed by atoms with Crippen LogP contribution in [-0.4, -0.2) is 10.2 Å². The van der Waals surface area contributed by atoms with Gasteiger partial charge in [0.2, 0.25) is 0 Å². The predicted molar refractivity (Wildman–Crippen MR) is 173 cm³/mol. The number of hydrogen-bond acceptors (Lipinski definition) is 2. The average Bonchev–Trinajstić information content (AvgIpc) is 2.96. The second-order valence-corrected chi connectivity index (χ2v) is 12.1. The zero-order chi connectivity index (χ0) is 28.8. The lowest BCUT2D eigenvalue weighted by atomic mass is 9.83. The molecular weight excluding hydrogens is 526 g/mol. The van der Waals surface area contributed by atoms with E-state index in [-0.39, 0.29) is 12.4 Å². The van der Waals surface area contributed by atoms with Gasteiger partial charge in [-0.2, -0.15) is 0 Å². The maximum Gasteiger partial charge on any atom is 0.138 e. The molecule has 4 N–H and O–H groups in total. The van der Waals surface area contributed by atoms with Gasteiger partial charge in [-0.25, -0.2) is 0 Å². The molecule has 2 rings (SSSR count). The molecule has 0 aliphatic carbocycles. The van der Waals surface area contributed by atoms with Crippen LogP contribution in [0.15, 0.2) is 36.4 Å². The van der Waals surface area contributed by atoms with Crippen molar-refractivity contribution in [3.05, 3.63) is 47.5 Å². The molecule has 0 heterocycles. The quantitative estimate of drug-likeness (QED) is 0.0660. The van der Waals surface area contributed by atoms with Crippen LogP contribution in [0.5, 0.6) is 11.5 Å². The topological polar surface area (TPSA) is 57.1 Å². The van der Waals surface area contributed by atoms with E-state index in [0.29, 0.717) is 17.4 Å². The Labute approximate surface area is 259 Å². The summed E-state index contributed by atoms with van der Waals surface area (Å²) in [6, 6.07) is 11.5. The van der Waals surface area contributed by atoms with Gasteiger partial charge < -0.3 is 22.6 Å². The highest BCUT2D eigenvalue weighted by molar-refractivity contribution is 5.54. The fraction of sp³-hybridized carbons (Fsp3) is 0.676. The molecule has 2 aromatic rings. The Morgan fingerprint density at radius 2 is 1.02 bits per heavy atom. The molecule has 0 bridgehead atoms. The largest absolute Gasteiger partial charge is 1.00 e. The van der Waals surface area contributed by atoms with Crippen LogP contribution >= 0.6 is 0 Å². The van der Waals surface area contributed by atoms with Crippen molar-refractivity contribution in [1.82, 2.24) is 0 Å². The standard InChI is InChI=1S/C37H61NO2.ClH/c1-4-7-10-12-14-16-18-20-22-31(23-21-19-17-15-13-11-8-5-2)37-34(24-9-6-3)35(29-30-36(37)40)38-32-25-27-33(39)28-26-32;/h25-31,38-40H,4-24H2,1-3H3;1H. The Morgan fingerprint density at radius 3 is 1.51 bits per heavy atom. The first-order valence-corrected chi connectivity index (χ1v) is 17.1. The Bertz CT molecular complexity index is 879. The third kappa shape index (κ3) is 15.4. The van der Waals surface area contributed by atoms with Crippen LogP contribution in [0.1, 0.15) is 166 Å². The third-order valence-corrected chi connectivity index (χ3v) is 8.59. The summed E-state index contributed by atoms with van der Waals surface area (Å²) < 4.78 is 0. The Kier molecular flexibility index (Phi) is 21.7. The maximum absolute atomic E-state index is 11.3. The molecule has 0 aromatic heterocycles. The highest BCUT2D eigenvalue weighted by Crippen LogP contribution is 2.39. The number of aromatic hydroxyl groups is 2. The fourth-order valence-electron chi connectivity index (χ4n) is 6.12. The van der Waals surface area contributed by atoms with Gasteiger partial charge in [0.05, 0.1) is 0 Å². The summed E-state index contributed by atoms with van der Waals surface area (Å²) in [5, 5.41) is 23.3. The van der Waals surface area contributed by atoms with Crippen LogP contribution in [0.2, 0.25) is 0 Å². The maximum atomic E-state index is 11.3. The first-order chi connectivity index (χ1) is 19.6. The van der Waals surface area contributed by atoms with E-state index >= 15 is 0 Å². The molecule has 0 unspecified atom stereocenters. The lowest BCUT2D eigenvalue weighted by Gasteiger charge is -2.23. The summed E-state index contributed by atoms with van der Waals surface area (Å²) in [5.41, 5.74) is 4.89. The highest BCUT2D eigenvalue weighted by atomic mass is 35.5. The van der Waals surface area contributed by atoms with Crippen LogP contribution in [0.4, 0.5) is 11.4 Å². The van der Waals surface area contributed by atoms with Crippen LogP contribution in [0, 0.1) is 0 Å². The molecule has 4 heteroatoms. The van der Waals surface area contributed by atoms with Gasteiger partial charge in [0.15, 0.2) is 0 Å². The minimum absolute atomic E-state index is 0. The van der Waals surface area contributed by atoms with E-state index in [1.807, 2.05) is 18.2 Å². The van der Waals surface area contributed by atoms with E-state index in [2.05, 4.69) is 32.2 Å². The number of phenolic OH excluding ortho intramolecular Hbond substituents is 2. The zero-order valence-corrected chi connectivity index (χ0v) is 27.5. The van der Waals surface area contributed by atoms with Crippen molar-refractivity contribution in [2.45, 2.75) is 162 Å². The summed E-state index contributed by atoms with van der Waals surface area (Å²) in [7, 11) is 0. The molecule has 0 amide bonds. The second kappa shape index (κ2) is 23.8. The van der Waals surface area contributed by atoms with E-state index < -0.39 is 0 Å². The SMILES string of the molecule is CCCCCCCCCCC(CCCCCCCCCC)c1c(O)ccc([NH2+]c2ccc(O)cc2)c1CCCC.[Cl-]. The van der Waals surface area contributed by atoms with E-state index in [4.69, 9.17) is 0 Å². The van der Waals surface area contributed by atoms with Crippen LogP contribution < -0.4 is 17.7 Å². The molecular formula is C37H62ClNO2. The molecule has 0 aliphatic rings. The van der Waals surface area contributed by atoms with Crippen LogP contribution in [-0.2, 0) is 6.42 Å². The summed E-state index contributed by atoms with van der Waals surface area (Å²) in [4.78, 5) is 0. The van der Waals surface area contributed by atoms with Crippen molar-refractivity contribution in [3.63, 3.8) is 0 Å².